The Balaban J connectivity index is 2.69. The zero-order valence-corrected chi connectivity index (χ0v) is 11.6. The minimum Gasteiger partial charge on any atom is -0.394 e. The third kappa shape index (κ3) is 4.22. The van der Waals surface area contributed by atoms with Crippen molar-refractivity contribution < 1.29 is 14.7 Å². The topological polar surface area (TPSA) is 78.4 Å². The van der Waals surface area contributed by atoms with Gasteiger partial charge in [0.1, 0.15) is 0 Å². The molecule has 1 aromatic rings. The molecule has 0 radical (unpaired) electrons. The standard InChI is InChI=1S/C13H17ClN2O3/c1-3-9(7-17)15-12(18)13(19)16-11-6-4-5-10(14)8(11)2/h4-6,9,17H,3,7H2,1-2H3,(H,15,18)(H,16,19)/t9-/m0/s1. The molecule has 0 saturated heterocycles. The highest BCUT2D eigenvalue weighted by Crippen LogP contribution is 2.22. The van der Waals surface area contributed by atoms with E-state index in [1.807, 2.05) is 0 Å². The third-order valence-electron chi connectivity index (χ3n) is 2.77. The highest BCUT2D eigenvalue weighted by atomic mass is 35.5. The fourth-order valence-electron chi connectivity index (χ4n) is 1.45. The summed E-state index contributed by atoms with van der Waals surface area (Å²) in [6.07, 6.45) is 0.547. The van der Waals surface area contributed by atoms with Crippen LogP contribution in [0.25, 0.3) is 0 Å². The van der Waals surface area contributed by atoms with Crippen molar-refractivity contribution in [1.29, 1.82) is 0 Å². The molecule has 5 nitrogen and oxygen atoms in total. The lowest BCUT2D eigenvalue weighted by Gasteiger charge is -2.14. The first-order valence-corrected chi connectivity index (χ1v) is 6.35. The molecule has 0 saturated carbocycles. The van der Waals surface area contributed by atoms with Crippen LogP contribution < -0.4 is 10.6 Å². The number of aliphatic hydroxyl groups excluding tert-OH is 1. The van der Waals surface area contributed by atoms with E-state index < -0.39 is 17.9 Å². The molecule has 0 aromatic heterocycles. The van der Waals surface area contributed by atoms with Gasteiger partial charge in [-0.25, -0.2) is 0 Å². The van der Waals surface area contributed by atoms with Crippen molar-refractivity contribution in [3.05, 3.63) is 28.8 Å². The fraction of sp³-hybridized carbons (Fsp3) is 0.385. The monoisotopic (exact) mass is 284 g/mol. The molecule has 1 aromatic carbocycles. The van der Waals surface area contributed by atoms with Crippen LogP contribution in [-0.4, -0.2) is 29.6 Å². The van der Waals surface area contributed by atoms with E-state index in [0.29, 0.717) is 22.7 Å². The number of rotatable bonds is 4. The van der Waals surface area contributed by atoms with Gasteiger partial charge in [-0.1, -0.05) is 24.6 Å². The second kappa shape index (κ2) is 7.11. The average molecular weight is 285 g/mol. The first kappa shape index (κ1) is 15.5. The van der Waals surface area contributed by atoms with E-state index >= 15 is 0 Å². The summed E-state index contributed by atoms with van der Waals surface area (Å²) in [4.78, 5) is 23.3. The second-order valence-electron chi connectivity index (χ2n) is 4.13. The minimum absolute atomic E-state index is 0.203. The van der Waals surface area contributed by atoms with Gasteiger partial charge in [0.15, 0.2) is 0 Å². The molecule has 3 N–H and O–H groups in total. The van der Waals surface area contributed by atoms with Crippen LogP contribution in [0, 0.1) is 6.92 Å². The highest BCUT2D eigenvalue weighted by Gasteiger charge is 2.18. The van der Waals surface area contributed by atoms with Crippen LogP contribution in [0.4, 0.5) is 5.69 Å². The Morgan fingerprint density at radius 1 is 1.37 bits per heavy atom. The van der Waals surface area contributed by atoms with E-state index in [4.69, 9.17) is 16.7 Å². The molecule has 2 amide bonds. The number of anilines is 1. The Labute approximate surface area is 117 Å². The summed E-state index contributed by atoms with van der Waals surface area (Å²) >= 11 is 5.92. The minimum atomic E-state index is -0.780. The summed E-state index contributed by atoms with van der Waals surface area (Å²) < 4.78 is 0. The molecule has 1 rings (SSSR count). The third-order valence-corrected chi connectivity index (χ3v) is 3.18. The van der Waals surface area contributed by atoms with Gasteiger partial charge < -0.3 is 15.7 Å². The predicted molar refractivity (Wildman–Crippen MR) is 74.1 cm³/mol. The zero-order chi connectivity index (χ0) is 14.4. The van der Waals surface area contributed by atoms with Crippen LogP contribution in [0.3, 0.4) is 0 Å². The maximum absolute atomic E-state index is 11.7. The molecule has 0 fully saturated rings. The van der Waals surface area contributed by atoms with Crippen LogP contribution in [-0.2, 0) is 9.59 Å². The van der Waals surface area contributed by atoms with Gasteiger partial charge in [-0.15, -0.1) is 0 Å². The number of carbonyl (C=O) groups is 2. The quantitative estimate of drug-likeness (QED) is 0.733. The molecule has 0 aliphatic heterocycles. The highest BCUT2D eigenvalue weighted by molar-refractivity contribution is 6.40. The van der Waals surface area contributed by atoms with E-state index in [0.717, 1.165) is 0 Å². The first-order chi connectivity index (χ1) is 8.99. The molecular weight excluding hydrogens is 268 g/mol. The summed E-state index contributed by atoms with van der Waals surface area (Å²) in [7, 11) is 0. The van der Waals surface area contributed by atoms with E-state index in [1.54, 1.807) is 32.0 Å². The van der Waals surface area contributed by atoms with Crippen LogP contribution in [0.5, 0.6) is 0 Å². The molecule has 0 heterocycles. The number of benzene rings is 1. The van der Waals surface area contributed by atoms with Gasteiger partial charge in [-0.2, -0.15) is 0 Å². The lowest BCUT2D eigenvalue weighted by Crippen LogP contribution is -2.43. The van der Waals surface area contributed by atoms with Crippen molar-refractivity contribution in [3.63, 3.8) is 0 Å². The first-order valence-electron chi connectivity index (χ1n) is 5.97. The fourth-order valence-corrected chi connectivity index (χ4v) is 1.62. The van der Waals surface area contributed by atoms with Crippen LogP contribution in [0.15, 0.2) is 18.2 Å². The van der Waals surface area contributed by atoms with Gasteiger partial charge in [0.2, 0.25) is 0 Å². The number of hydrogen-bond donors (Lipinski definition) is 3. The molecule has 0 aliphatic rings. The zero-order valence-electron chi connectivity index (χ0n) is 10.9. The number of nitrogens with one attached hydrogen (secondary N) is 2. The molecular formula is C13H17ClN2O3. The van der Waals surface area contributed by atoms with Crippen molar-refractivity contribution in [2.75, 3.05) is 11.9 Å². The van der Waals surface area contributed by atoms with Crippen molar-refractivity contribution in [1.82, 2.24) is 5.32 Å². The normalized spacial score (nSPS) is 11.8. The Bertz CT molecular complexity index is 473. The summed E-state index contributed by atoms with van der Waals surface area (Å²) in [5.74, 6) is -1.56. The summed E-state index contributed by atoms with van der Waals surface area (Å²) in [6.45, 7) is 3.35. The summed E-state index contributed by atoms with van der Waals surface area (Å²) in [5, 5.41) is 14.4. The number of hydrogen-bond acceptors (Lipinski definition) is 3. The van der Waals surface area contributed by atoms with E-state index in [1.165, 1.54) is 0 Å². The molecule has 19 heavy (non-hydrogen) atoms. The van der Waals surface area contributed by atoms with Gasteiger partial charge in [0, 0.05) is 10.7 Å². The smallest absolute Gasteiger partial charge is 0.313 e. The lowest BCUT2D eigenvalue weighted by atomic mass is 10.2. The Hall–Kier alpha value is -1.59. The van der Waals surface area contributed by atoms with Gasteiger partial charge in [0.05, 0.1) is 12.6 Å². The van der Waals surface area contributed by atoms with Crippen molar-refractivity contribution >= 4 is 29.1 Å². The SMILES string of the molecule is CC[C@@H](CO)NC(=O)C(=O)Nc1cccc(Cl)c1C. The van der Waals surface area contributed by atoms with Crippen molar-refractivity contribution in [2.24, 2.45) is 0 Å². The van der Waals surface area contributed by atoms with Crippen molar-refractivity contribution in [2.45, 2.75) is 26.3 Å². The largest absolute Gasteiger partial charge is 0.394 e. The van der Waals surface area contributed by atoms with Gasteiger partial charge in [-0.3, -0.25) is 9.59 Å². The van der Waals surface area contributed by atoms with Gasteiger partial charge in [-0.05, 0) is 31.0 Å². The molecule has 0 spiro atoms. The maximum Gasteiger partial charge on any atom is 0.313 e. The molecule has 0 aliphatic carbocycles. The molecule has 104 valence electrons. The summed E-state index contributed by atoms with van der Waals surface area (Å²) in [6, 6.07) is 4.63. The number of carbonyl (C=O) groups excluding carboxylic acids is 2. The number of halogens is 1. The molecule has 0 bridgehead atoms. The maximum atomic E-state index is 11.7. The van der Waals surface area contributed by atoms with Crippen LogP contribution in [0.2, 0.25) is 5.02 Å². The Morgan fingerprint density at radius 3 is 2.63 bits per heavy atom. The van der Waals surface area contributed by atoms with Crippen molar-refractivity contribution in [3.8, 4) is 0 Å². The Kier molecular flexibility index (Phi) is 5.79. The van der Waals surface area contributed by atoms with E-state index in [9.17, 15) is 9.59 Å². The average Bonchev–Trinajstić information content (AvgIpc) is 2.40. The second-order valence-corrected chi connectivity index (χ2v) is 4.53. The van der Waals surface area contributed by atoms with E-state index in [-0.39, 0.29) is 6.61 Å². The Morgan fingerprint density at radius 2 is 2.05 bits per heavy atom. The number of amides is 2. The van der Waals surface area contributed by atoms with Crippen LogP contribution in [0.1, 0.15) is 18.9 Å². The summed E-state index contributed by atoms with van der Waals surface area (Å²) in [5.41, 5.74) is 1.18. The van der Waals surface area contributed by atoms with Crippen LogP contribution >= 0.6 is 11.6 Å². The molecule has 0 unspecified atom stereocenters. The number of aliphatic hydroxyl groups is 1. The molecule has 6 heteroatoms. The van der Waals surface area contributed by atoms with E-state index in [2.05, 4.69) is 10.6 Å². The lowest BCUT2D eigenvalue weighted by molar-refractivity contribution is -0.136. The molecule has 1 atom stereocenters. The van der Waals surface area contributed by atoms with Gasteiger partial charge >= 0.3 is 11.8 Å². The predicted octanol–water partition coefficient (Wildman–Crippen LogP) is 1.47. The van der Waals surface area contributed by atoms with Gasteiger partial charge in [0.25, 0.3) is 0 Å².